The van der Waals surface area contributed by atoms with E-state index in [-0.39, 0.29) is 45.2 Å². The lowest BCUT2D eigenvalue weighted by Crippen LogP contribution is -2.39. The van der Waals surface area contributed by atoms with E-state index in [4.69, 9.17) is 10.5 Å². The molecule has 7 heteroatoms. The van der Waals surface area contributed by atoms with E-state index < -0.39 is 23.6 Å². The predicted molar refractivity (Wildman–Crippen MR) is 95.2 cm³/mol. The molecule has 27 heavy (non-hydrogen) atoms. The molecule has 0 bridgehead atoms. The number of hydrogen-bond acceptors (Lipinski definition) is 7. The molecule has 2 aromatic carbocycles. The van der Waals surface area contributed by atoms with E-state index in [1.54, 1.807) is 13.8 Å². The maximum atomic E-state index is 13.0. The van der Waals surface area contributed by atoms with Crippen molar-refractivity contribution in [3.8, 4) is 11.5 Å². The summed E-state index contributed by atoms with van der Waals surface area (Å²) in [6, 6.07) is 5.65. The molecule has 0 heterocycles. The van der Waals surface area contributed by atoms with E-state index in [1.165, 1.54) is 30.3 Å². The summed E-state index contributed by atoms with van der Waals surface area (Å²) in [5.41, 5.74) is 5.46. The smallest absolute Gasteiger partial charge is 0.328 e. The van der Waals surface area contributed by atoms with Gasteiger partial charge in [-0.1, -0.05) is 26.0 Å². The van der Waals surface area contributed by atoms with E-state index in [0.717, 1.165) is 0 Å². The van der Waals surface area contributed by atoms with Crippen molar-refractivity contribution in [3.05, 3.63) is 58.1 Å². The third-order valence-electron chi connectivity index (χ3n) is 4.45. The first kappa shape index (κ1) is 18.5. The van der Waals surface area contributed by atoms with E-state index in [1.807, 2.05) is 0 Å². The first-order chi connectivity index (χ1) is 12.8. The molecular formula is C20H17NO6. The van der Waals surface area contributed by atoms with Gasteiger partial charge in [-0.3, -0.25) is 14.4 Å². The fourth-order valence-corrected chi connectivity index (χ4v) is 2.89. The van der Waals surface area contributed by atoms with Crippen LogP contribution in [0.3, 0.4) is 0 Å². The maximum absolute atomic E-state index is 13.0. The summed E-state index contributed by atoms with van der Waals surface area (Å²) < 4.78 is 5.27. The maximum Gasteiger partial charge on any atom is 0.328 e. The Morgan fingerprint density at radius 2 is 1.81 bits per heavy atom. The van der Waals surface area contributed by atoms with E-state index in [0.29, 0.717) is 6.29 Å². The molecule has 0 radical (unpaired) electrons. The van der Waals surface area contributed by atoms with Crippen LogP contribution in [0.4, 0.5) is 0 Å². The van der Waals surface area contributed by atoms with Gasteiger partial charge in [0.05, 0.1) is 11.1 Å². The van der Waals surface area contributed by atoms with Gasteiger partial charge in [-0.25, -0.2) is 4.79 Å². The van der Waals surface area contributed by atoms with Gasteiger partial charge in [-0.15, -0.1) is 0 Å². The SMILES string of the molecule is CC(C)[C@H](N)C(=O)Oc1cc(C=O)cc2c1C(=O)c1c(O)cccc1C2=O. The Bertz CT molecular complexity index is 992. The third kappa shape index (κ3) is 3.02. The highest BCUT2D eigenvalue weighted by molar-refractivity contribution is 6.30. The topological polar surface area (TPSA) is 124 Å². The highest BCUT2D eigenvalue weighted by Gasteiger charge is 2.36. The number of aldehydes is 1. The third-order valence-corrected chi connectivity index (χ3v) is 4.45. The summed E-state index contributed by atoms with van der Waals surface area (Å²) in [6.07, 6.45) is 0.482. The van der Waals surface area contributed by atoms with Crippen LogP contribution in [0.1, 0.15) is 56.0 Å². The molecule has 0 saturated heterocycles. The molecule has 3 rings (SSSR count). The second-order valence-electron chi connectivity index (χ2n) is 6.61. The first-order valence-corrected chi connectivity index (χ1v) is 8.28. The number of phenols is 1. The van der Waals surface area contributed by atoms with Crippen LogP contribution < -0.4 is 10.5 Å². The molecule has 7 nitrogen and oxygen atoms in total. The molecule has 0 aliphatic heterocycles. The van der Waals surface area contributed by atoms with Crippen molar-refractivity contribution < 1.29 is 29.0 Å². The number of esters is 1. The van der Waals surface area contributed by atoms with Crippen LogP contribution >= 0.6 is 0 Å². The van der Waals surface area contributed by atoms with Crippen molar-refractivity contribution in [1.82, 2.24) is 0 Å². The van der Waals surface area contributed by atoms with Crippen molar-refractivity contribution in [2.45, 2.75) is 19.9 Å². The Morgan fingerprint density at radius 1 is 1.11 bits per heavy atom. The molecule has 0 saturated carbocycles. The lowest BCUT2D eigenvalue weighted by Gasteiger charge is -2.22. The Kier molecular flexibility index (Phi) is 4.63. The summed E-state index contributed by atoms with van der Waals surface area (Å²) in [4.78, 5) is 49.3. The minimum Gasteiger partial charge on any atom is -0.507 e. The quantitative estimate of drug-likeness (QED) is 0.410. The van der Waals surface area contributed by atoms with Crippen LogP contribution in [0.15, 0.2) is 30.3 Å². The Morgan fingerprint density at radius 3 is 2.44 bits per heavy atom. The fraction of sp³-hybridized carbons (Fsp3) is 0.200. The molecule has 1 aliphatic carbocycles. The van der Waals surface area contributed by atoms with E-state index >= 15 is 0 Å². The van der Waals surface area contributed by atoms with Crippen LogP contribution in [0.2, 0.25) is 0 Å². The fourth-order valence-electron chi connectivity index (χ4n) is 2.89. The summed E-state index contributed by atoms with van der Waals surface area (Å²) in [7, 11) is 0. The zero-order valence-electron chi connectivity index (χ0n) is 14.7. The molecule has 0 aromatic heterocycles. The highest BCUT2D eigenvalue weighted by Crippen LogP contribution is 2.37. The molecule has 138 valence electrons. The zero-order chi connectivity index (χ0) is 19.9. The number of carbonyl (C=O) groups excluding carboxylic acids is 4. The largest absolute Gasteiger partial charge is 0.507 e. The molecule has 1 atom stereocenters. The number of carbonyl (C=O) groups is 4. The lowest BCUT2D eigenvalue weighted by atomic mass is 9.82. The Balaban J connectivity index is 2.19. The number of hydrogen-bond donors (Lipinski definition) is 2. The Labute approximate surface area is 154 Å². The summed E-state index contributed by atoms with van der Waals surface area (Å²) in [5, 5.41) is 10.0. The molecule has 2 aromatic rings. The molecular weight excluding hydrogens is 350 g/mol. The van der Waals surface area contributed by atoms with Gasteiger partial charge in [0, 0.05) is 16.7 Å². The summed E-state index contributed by atoms with van der Waals surface area (Å²) in [6.45, 7) is 3.46. The van der Waals surface area contributed by atoms with E-state index in [2.05, 4.69) is 0 Å². The number of aromatic hydroxyl groups is 1. The van der Waals surface area contributed by atoms with Gasteiger partial charge in [0.25, 0.3) is 0 Å². The van der Waals surface area contributed by atoms with Gasteiger partial charge in [-0.05, 0) is 24.1 Å². The molecule has 0 amide bonds. The zero-order valence-corrected chi connectivity index (χ0v) is 14.7. The second kappa shape index (κ2) is 6.77. The van der Waals surface area contributed by atoms with Crippen molar-refractivity contribution in [1.29, 1.82) is 0 Å². The first-order valence-electron chi connectivity index (χ1n) is 8.28. The van der Waals surface area contributed by atoms with E-state index in [9.17, 15) is 24.3 Å². The average Bonchev–Trinajstić information content (AvgIpc) is 2.64. The highest BCUT2D eigenvalue weighted by atomic mass is 16.5. The van der Waals surface area contributed by atoms with Crippen LogP contribution in [0.25, 0.3) is 0 Å². The number of nitrogens with two attached hydrogens (primary N) is 1. The Hall–Kier alpha value is -3.32. The number of fused-ring (bicyclic) bond motifs is 2. The van der Waals surface area contributed by atoms with Crippen LogP contribution in [-0.2, 0) is 4.79 Å². The molecule has 3 N–H and O–H groups in total. The van der Waals surface area contributed by atoms with Gasteiger partial charge in [0.15, 0.2) is 5.78 Å². The predicted octanol–water partition coefficient (Wildman–Crippen LogP) is 1.87. The molecule has 0 fully saturated rings. The average molecular weight is 367 g/mol. The van der Waals surface area contributed by atoms with Gasteiger partial charge >= 0.3 is 5.97 Å². The van der Waals surface area contributed by atoms with Crippen molar-refractivity contribution in [2.24, 2.45) is 11.7 Å². The van der Waals surface area contributed by atoms with Gasteiger partial charge in [-0.2, -0.15) is 0 Å². The normalized spacial score (nSPS) is 13.8. The minimum atomic E-state index is -0.948. The number of benzene rings is 2. The second-order valence-corrected chi connectivity index (χ2v) is 6.61. The van der Waals surface area contributed by atoms with Crippen LogP contribution in [-0.4, -0.2) is 35.0 Å². The number of ketones is 2. The molecule has 0 spiro atoms. The van der Waals surface area contributed by atoms with Crippen molar-refractivity contribution in [2.75, 3.05) is 0 Å². The minimum absolute atomic E-state index is 0.0201. The van der Waals surface area contributed by atoms with Crippen molar-refractivity contribution in [3.63, 3.8) is 0 Å². The van der Waals surface area contributed by atoms with Crippen molar-refractivity contribution >= 4 is 23.8 Å². The number of phenolic OH excluding ortho intramolecular Hbond substituents is 1. The number of rotatable bonds is 4. The monoisotopic (exact) mass is 367 g/mol. The molecule has 0 unspecified atom stereocenters. The lowest BCUT2D eigenvalue weighted by molar-refractivity contribution is -0.136. The standard InChI is InChI=1S/C20H17NO6/c1-9(2)17(21)20(26)27-14-7-10(8-22)6-12-16(14)19(25)15-11(18(12)24)4-3-5-13(15)23/h3-9,17,23H,21H2,1-2H3/t17-/m0/s1. The van der Waals surface area contributed by atoms with Gasteiger partial charge in [0.2, 0.25) is 5.78 Å². The van der Waals surface area contributed by atoms with Gasteiger partial charge < -0.3 is 15.6 Å². The van der Waals surface area contributed by atoms with Crippen LogP contribution in [0.5, 0.6) is 11.5 Å². The summed E-state index contributed by atoms with van der Waals surface area (Å²) >= 11 is 0. The molecule has 1 aliphatic rings. The van der Waals surface area contributed by atoms with Gasteiger partial charge in [0.1, 0.15) is 23.8 Å². The summed E-state index contributed by atoms with van der Waals surface area (Å²) in [5.74, 6) is -2.82. The number of ether oxygens (including phenoxy) is 1. The van der Waals surface area contributed by atoms with Crippen LogP contribution in [0, 0.1) is 5.92 Å².